The van der Waals surface area contributed by atoms with Gasteiger partial charge in [-0.2, -0.15) is 5.10 Å². The molecule has 2 aromatic carbocycles. The van der Waals surface area contributed by atoms with E-state index in [1.54, 1.807) is 24.4 Å². The van der Waals surface area contributed by atoms with Crippen molar-refractivity contribution in [2.24, 2.45) is 0 Å². The Morgan fingerprint density at radius 1 is 1.00 bits per heavy atom. The summed E-state index contributed by atoms with van der Waals surface area (Å²) in [6.07, 6.45) is 3.92. The molecular formula is C22H21FN6O. The van der Waals surface area contributed by atoms with Gasteiger partial charge in [-0.25, -0.2) is 14.1 Å². The van der Waals surface area contributed by atoms with Gasteiger partial charge in [-0.05, 0) is 30.7 Å². The monoisotopic (exact) mass is 404 g/mol. The van der Waals surface area contributed by atoms with E-state index in [9.17, 15) is 9.18 Å². The lowest BCUT2D eigenvalue weighted by Gasteiger charge is -2.21. The molecule has 7 nitrogen and oxygen atoms in total. The van der Waals surface area contributed by atoms with Gasteiger partial charge in [0, 0.05) is 32.4 Å². The van der Waals surface area contributed by atoms with E-state index in [2.05, 4.69) is 20.0 Å². The summed E-state index contributed by atoms with van der Waals surface area (Å²) in [7, 11) is 0. The van der Waals surface area contributed by atoms with Crippen LogP contribution in [-0.4, -0.2) is 56.7 Å². The summed E-state index contributed by atoms with van der Waals surface area (Å²) in [6.45, 7) is 2.74. The number of hydrogen-bond acceptors (Lipinski definition) is 4. The van der Waals surface area contributed by atoms with Crippen molar-refractivity contribution in [1.29, 1.82) is 0 Å². The van der Waals surface area contributed by atoms with Gasteiger partial charge >= 0.3 is 0 Å². The lowest BCUT2D eigenvalue weighted by molar-refractivity contribution is 0.0767. The zero-order valence-corrected chi connectivity index (χ0v) is 16.3. The number of amides is 1. The first-order valence-corrected chi connectivity index (χ1v) is 9.97. The number of halogens is 1. The Hall–Kier alpha value is -3.68. The van der Waals surface area contributed by atoms with Gasteiger partial charge < -0.3 is 14.8 Å². The third-order valence-electron chi connectivity index (χ3n) is 5.39. The highest BCUT2D eigenvalue weighted by atomic mass is 19.1. The predicted octanol–water partition coefficient (Wildman–Crippen LogP) is 3.24. The van der Waals surface area contributed by atoms with E-state index in [0.717, 1.165) is 29.9 Å². The number of hydrogen-bond donors (Lipinski definition) is 1. The molecule has 0 aliphatic carbocycles. The zero-order chi connectivity index (χ0) is 20.5. The normalized spacial score (nSPS) is 14.8. The third kappa shape index (κ3) is 3.41. The maximum Gasteiger partial charge on any atom is 0.257 e. The molecule has 2 aromatic heterocycles. The Bertz CT molecular complexity index is 1170. The number of aromatic amines is 1. The number of nitrogens with zero attached hydrogens (tertiary/aromatic N) is 5. The standard InChI is InChI=1S/C22H21FN6O/c23-17-6-1-4-9-20(17)29-15-16(14-24-29)21(30)27-10-5-11-28(13-12-27)22-25-18-7-2-3-8-19(18)26-22/h1-4,6-9,14-15H,5,10-13H2,(H,25,26). The molecule has 5 rings (SSSR count). The van der Waals surface area contributed by atoms with E-state index in [-0.39, 0.29) is 11.7 Å². The molecule has 1 saturated heterocycles. The van der Waals surface area contributed by atoms with E-state index >= 15 is 0 Å². The molecule has 1 N–H and O–H groups in total. The van der Waals surface area contributed by atoms with Crippen molar-refractivity contribution in [2.45, 2.75) is 6.42 Å². The maximum absolute atomic E-state index is 14.0. The van der Waals surface area contributed by atoms with Crippen molar-refractivity contribution >= 4 is 22.9 Å². The molecule has 1 aliphatic heterocycles. The van der Waals surface area contributed by atoms with Crippen LogP contribution >= 0.6 is 0 Å². The number of carbonyl (C=O) groups excluding carboxylic acids is 1. The number of imidazole rings is 1. The fraction of sp³-hybridized carbons (Fsp3) is 0.227. The molecule has 4 aromatic rings. The largest absolute Gasteiger partial charge is 0.341 e. The van der Waals surface area contributed by atoms with Gasteiger partial charge in [0.2, 0.25) is 5.95 Å². The predicted molar refractivity (Wildman–Crippen MR) is 112 cm³/mol. The molecule has 3 heterocycles. The molecular weight excluding hydrogens is 383 g/mol. The van der Waals surface area contributed by atoms with E-state index in [0.29, 0.717) is 30.9 Å². The Morgan fingerprint density at radius 3 is 2.70 bits per heavy atom. The van der Waals surface area contributed by atoms with Crippen LogP contribution in [0.1, 0.15) is 16.8 Å². The van der Waals surface area contributed by atoms with E-state index < -0.39 is 0 Å². The van der Waals surface area contributed by atoms with Crippen LogP contribution in [-0.2, 0) is 0 Å². The van der Waals surface area contributed by atoms with E-state index in [4.69, 9.17) is 0 Å². The summed E-state index contributed by atoms with van der Waals surface area (Å²) >= 11 is 0. The first-order chi connectivity index (χ1) is 14.7. The number of anilines is 1. The van der Waals surface area contributed by atoms with Crippen LogP contribution in [0.15, 0.2) is 60.9 Å². The molecule has 0 atom stereocenters. The average Bonchev–Trinajstić information content (AvgIpc) is 3.35. The summed E-state index contributed by atoms with van der Waals surface area (Å²) in [6, 6.07) is 14.3. The lowest BCUT2D eigenvalue weighted by atomic mass is 10.3. The number of para-hydroxylation sites is 3. The SMILES string of the molecule is O=C(c1cnn(-c2ccccc2F)c1)N1CCCN(c2nc3ccccc3[nH]2)CC1. The molecule has 0 radical (unpaired) electrons. The molecule has 0 unspecified atom stereocenters. The molecule has 0 spiro atoms. The number of benzene rings is 2. The number of rotatable bonds is 3. The Labute approximate surface area is 172 Å². The minimum absolute atomic E-state index is 0.0935. The number of aromatic nitrogens is 4. The van der Waals surface area contributed by atoms with Crippen molar-refractivity contribution in [3.05, 3.63) is 72.3 Å². The van der Waals surface area contributed by atoms with Crippen LogP contribution < -0.4 is 4.90 Å². The second-order valence-corrected chi connectivity index (χ2v) is 7.34. The second kappa shape index (κ2) is 7.62. The van der Waals surface area contributed by atoms with Crippen LogP contribution in [0.3, 0.4) is 0 Å². The third-order valence-corrected chi connectivity index (χ3v) is 5.39. The van der Waals surface area contributed by atoms with Gasteiger partial charge in [-0.3, -0.25) is 4.79 Å². The quantitative estimate of drug-likeness (QED) is 0.569. The molecule has 152 valence electrons. The van der Waals surface area contributed by atoms with Gasteiger partial charge in [0.15, 0.2) is 0 Å². The van der Waals surface area contributed by atoms with Crippen LogP contribution in [0, 0.1) is 5.82 Å². The fourth-order valence-corrected chi connectivity index (χ4v) is 3.81. The van der Waals surface area contributed by atoms with E-state index in [1.807, 2.05) is 29.2 Å². The first kappa shape index (κ1) is 18.4. The lowest BCUT2D eigenvalue weighted by Crippen LogP contribution is -2.35. The van der Waals surface area contributed by atoms with Gasteiger partial charge in [-0.1, -0.05) is 24.3 Å². The summed E-state index contributed by atoms with van der Waals surface area (Å²) in [5.41, 5.74) is 2.72. The highest BCUT2D eigenvalue weighted by Gasteiger charge is 2.23. The van der Waals surface area contributed by atoms with Crippen molar-refractivity contribution in [2.75, 3.05) is 31.1 Å². The minimum Gasteiger partial charge on any atom is -0.341 e. The minimum atomic E-state index is -0.379. The smallest absolute Gasteiger partial charge is 0.257 e. The van der Waals surface area contributed by atoms with Crippen molar-refractivity contribution < 1.29 is 9.18 Å². The summed E-state index contributed by atoms with van der Waals surface area (Å²) in [4.78, 5) is 25.0. The maximum atomic E-state index is 14.0. The molecule has 8 heteroatoms. The van der Waals surface area contributed by atoms with Crippen LogP contribution in [0.5, 0.6) is 0 Å². The van der Waals surface area contributed by atoms with Crippen LogP contribution in [0.25, 0.3) is 16.7 Å². The molecule has 1 fully saturated rings. The van der Waals surface area contributed by atoms with Gasteiger partial charge in [0.05, 0.1) is 22.8 Å². The van der Waals surface area contributed by atoms with Crippen LogP contribution in [0.4, 0.5) is 10.3 Å². The first-order valence-electron chi connectivity index (χ1n) is 9.97. The highest BCUT2D eigenvalue weighted by molar-refractivity contribution is 5.94. The zero-order valence-electron chi connectivity index (χ0n) is 16.3. The number of nitrogens with one attached hydrogen (secondary N) is 1. The number of fused-ring (bicyclic) bond motifs is 1. The van der Waals surface area contributed by atoms with Crippen molar-refractivity contribution in [1.82, 2.24) is 24.6 Å². The van der Waals surface area contributed by atoms with Gasteiger partial charge in [0.1, 0.15) is 11.5 Å². The highest BCUT2D eigenvalue weighted by Crippen LogP contribution is 2.19. The number of H-pyrrole nitrogens is 1. The summed E-state index contributed by atoms with van der Waals surface area (Å²) in [5.74, 6) is 0.359. The van der Waals surface area contributed by atoms with Crippen molar-refractivity contribution in [3.8, 4) is 5.69 Å². The Balaban J connectivity index is 1.30. The van der Waals surface area contributed by atoms with E-state index in [1.165, 1.54) is 16.9 Å². The summed E-state index contributed by atoms with van der Waals surface area (Å²) in [5, 5.41) is 4.18. The molecule has 1 aliphatic rings. The molecule has 0 bridgehead atoms. The van der Waals surface area contributed by atoms with Crippen molar-refractivity contribution in [3.63, 3.8) is 0 Å². The van der Waals surface area contributed by atoms with Gasteiger partial charge in [-0.15, -0.1) is 0 Å². The topological polar surface area (TPSA) is 70.1 Å². The Kier molecular flexibility index (Phi) is 4.66. The number of carbonyl (C=O) groups is 1. The van der Waals surface area contributed by atoms with Gasteiger partial charge in [0.25, 0.3) is 5.91 Å². The summed E-state index contributed by atoms with van der Waals surface area (Å²) < 4.78 is 15.4. The molecule has 1 amide bonds. The van der Waals surface area contributed by atoms with Crippen LogP contribution in [0.2, 0.25) is 0 Å². The average molecular weight is 404 g/mol. The fourth-order valence-electron chi connectivity index (χ4n) is 3.81. The Morgan fingerprint density at radius 2 is 1.83 bits per heavy atom. The molecule has 0 saturated carbocycles. The molecule has 30 heavy (non-hydrogen) atoms. The second-order valence-electron chi connectivity index (χ2n) is 7.34.